The second-order valence-electron chi connectivity index (χ2n) is 5.67. The molecule has 0 saturated carbocycles. The fourth-order valence-electron chi connectivity index (χ4n) is 2.36. The molecule has 2 aliphatic rings. The van der Waals surface area contributed by atoms with Gasteiger partial charge in [-0.15, -0.1) is 0 Å². The molecule has 0 spiro atoms. The third-order valence-electron chi connectivity index (χ3n) is 3.28. The predicted molar refractivity (Wildman–Crippen MR) is 72.2 cm³/mol. The molecule has 114 valence electrons. The van der Waals surface area contributed by atoms with Gasteiger partial charge in [0.25, 0.3) is 5.91 Å². The molecule has 8 heteroatoms. The second kappa shape index (κ2) is 5.19. The van der Waals surface area contributed by atoms with Crippen LogP contribution in [0.4, 0.5) is 0 Å². The molecular formula is C13H17N3O5. The first-order chi connectivity index (χ1) is 9.76. The molecule has 0 aromatic heterocycles. The van der Waals surface area contributed by atoms with Crippen molar-refractivity contribution in [1.82, 2.24) is 10.2 Å². The van der Waals surface area contributed by atoms with Crippen LogP contribution in [0.15, 0.2) is 23.2 Å². The van der Waals surface area contributed by atoms with Gasteiger partial charge in [-0.25, -0.2) is 4.79 Å². The number of fused-ring (bicyclic) bond motifs is 1. The third kappa shape index (κ3) is 2.74. The van der Waals surface area contributed by atoms with E-state index in [0.717, 1.165) is 6.08 Å². The zero-order valence-electron chi connectivity index (χ0n) is 12.1. The number of nitrogens with zero attached hydrogens (tertiary/aromatic N) is 2. The van der Waals surface area contributed by atoms with Gasteiger partial charge in [0.15, 0.2) is 5.82 Å². The van der Waals surface area contributed by atoms with Gasteiger partial charge < -0.3 is 10.1 Å². The van der Waals surface area contributed by atoms with Crippen LogP contribution in [0.5, 0.6) is 0 Å². The van der Waals surface area contributed by atoms with E-state index in [1.54, 1.807) is 6.92 Å². The number of esters is 1. The van der Waals surface area contributed by atoms with Crippen LogP contribution in [-0.2, 0) is 14.3 Å². The molecule has 2 heterocycles. The van der Waals surface area contributed by atoms with Crippen molar-refractivity contribution in [2.75, 3.05) is 19.7 Å². The lowest BCUT2D eigenvalue weighted by atomic mass is 9.91. The lowest BCUT2D eigenvalue weighted by molar-refractivity contribution is -0.421. The highest BCUT2D eigenvalue weighted by Crippen LogP contribution is 2.34. The monoisotopic (exact) mass is 295 g/mol. The highest BCUT2D eigenvalue weighted by Gasteiger charge is 2.47. The summed E-state index contributed by atoms with van der Waals surface area (Å²) in [6, 6.07) is 0. The summed E-state index contributed by atoms with van der Waals surface area (Å²) in [5.74, 6) is -1.16. The Morgan fingerprint density at radius 3 is 2.81 bits per heavy atom. The number of amides is 1. The Balaban J connectivity index is 2.44. The van der Waals surface area contributed by atoms with Crippen molar-refractivity contribution in [2.45, 2.75) is 20.8 Å². The molecule has 1 fully saturated rings. The van der Waals surface area contributed by atoms with Crippen molar-refractivity contribution in [1.29, 1.82) is 0 Å². The molecule has 0 bridgehead atoms. The van der Waals surface area contributed by atoms with Gasteiger partial charge in [-0.2, -0.15) is 0 Å². The topological polar surface area (TPSA) is 102 Å². The van der Waals surface area contributed by atoms with E-state index >= 15 is 0 Å². The average molecular weight is 295 g/mol. The maximum absolute atomic E-state index is 12.3. The van der Waals surface area contributed by atoms with Crippen LogP contribution < -0.4 is 5.32 Å². The molecule has 2 rings (SSSR count). The fourth-order valence-corrected chi connectivity index (χ4v) is 2.36. The normalized spacial score (nSPS) is 22.1. The molecule has 1 amide bonds. The number of nitro groups is 1. The Hall–Kier alpha value is -2.38. The van der Waals surface area contributed by atoms with E-state index in [9.17, 15) is 19.7 Å². The number of hydrogen-bond acceptors (Lipinski definition) is 6. The number of hydrogen-bond donors (Lipinski definition) is 1. The van der Waals surface area contributed by atoms with Crippen LogP contribution >= 0.6 is 0 Å². The first-order valence-corrected chi connectivity index (χ1v) is 6.60. The molecule has 2 aliphatic heterocycles. The summed E-state index contributed by atoms with van der Waals surface area (Å²) in [6.45, 7) is 6.51. The van der Waals surface area contributed by atoms with Crippen molar-refractivity contribution in [3.63, 3.8) is 0 Å². The molecular weight excluding hydrogens is 278 g/mol. The second-order valence-corrected chi connectivity index (χ2v) is 5.67. The van der Waals surface area contributed by atoms with E-state index < -0.39 is 16.8 Å². The maximum Gasteiger partial charge on any atom is 0.331 e. The molecule has 1 saturated heterocycles. The number of ether oxygens (including phenoxy) is 1. The smallest absolute Gasteiger partial charge is 0.331 e. The van der Waals surface area contributed by atoms with E-state index in [1.165, 1.54) is 4.90 Å². The van der Waals surface area contributed by atoms with Crippen molar-refractivity contribution in [3.05, 3.63) is 33.3 Å². The Bertz CT molecular complexity index is 576. The Labute approximate surface area is 121 Å². The highest BCUT2D eigenvalue weighted by atomic mass is 16.6. The van der Waals surface area contributed by atoms with E-state index in [4.69, 9.17) is 4.74 Å². The number of carbonyl (C=O) groups is 2. The largest absolute Gasteiger partial charge is 0.463 e. The quantitative estimate of drug-likeness (QED) is 0.350. The minimum atomic E-state index is -0.764. The van der Waals surface area contributed by atoms with Gasteiger partial charge in [-0.1, -0.05) is 13.8 Å². The Morgan fingerprint density at radius 1 is 1.57 bits per heavy atom. The van der Waals surface area contributed by atoms with Crippen LogP contribution in [0.2, 0.25) is 0 Å². The van der Waals surface area contributed by atoms with E-state index in [-0.39, 0.29) is 29.1 Å². The Morgan fingerprint density at radius 2 is 2.24 bits per heavy atom. The SMILES string of the molecule is CCOC(=O)/C=C1/C(=O)N2CC(C)(C)CNC2=C1[N+](=O)[O-]. The van der Waals surface area contributed by atoms with Crippen LogP contribution in [0, 0.1) is 15.5 Å². The van der Waals surface area contributed by atoms with Gasteiger partial charge >= 0.3 is 11.7 Å². The third-order valence-corrected chi connectivity index (χ3v) is 3.28. The summed E-state index contributed by atoms with van der Waals surface area (Å²) in [4.78, 5) is 35.8. The van der Waals surface area contributed by atoms with Crippen LogP contribution in [0.3, 0.4) is 0 Å². The summed E-state index contributed by atoms with van der Waals surface area (Å²) < 4.78 is 4.72. The van der Waals surface area contributed by atoms with Crippen LogP contribution in [-0.4, -0.2) is 41.4 Å². The van der Waals surface area contributed by atoms with Crippen LogP contribution in [0.25, 0.3) is 0 Å². The first-order valence-electron chi connectivity index (χ1n) is 6.60. The van der Waals surface area contributed by atoms with Gasteiger partial charge in [-0.05, 0) is 6.92 Å². The predicted octanol–water partition coefficient (Wildman–Crippen LogP) is 0.393. The highest BCUT2D eigenvalue weighted by molar-refractivity contribution is 6.06. The summed E-state index contributed by atoms with van der Waals surface area (Å²) >= 11 is 0. The van der Waals surface area contributed by atoms with Gasteiger partial charge in [0, 0.05) is 24.6 Å². The standard InChI is InChI=1S/C13H17N3O5/c1-4-21-9(17)5-8-10(16(19)20)11-14-6-13(2,3)7-15(11)12(8)18/h5,14H,4,6-7H2,1-3H3/b8-5+. The molecule has 0 atom stereocenters. The minimum absolute atomic E-state index is 0.135. The molecule has 0 aliphatic carbocycles. The van der Waals surface area contributed by atoms with Crippen LogP contribution in [0.1, 0.15) is 20.8 Å². The Kier molecular flexibility index (Phi) is 3.71. The number of rotatable bonds is 3. The summed E-state index contributed by atoms with van der Waals surface area (Å²) in [6.07, 6.45) is 0.893. The number of carbonyl (C=O) groups excluding carboxylic acids is 2. The molecule has 0 aromatic carbocycles. The van der Waals surface area contributed by atoms with E-state index in [1.807, 2.05) is 13.8 Å². The molecule has 1 N–H and O–H groups in total. The zero-order valence-corrected chi connectivity index (χ0v) is 12.1. The van der Waals surface area contributed by atoms with Gasteiger partial charge in [0.1, 0.15) is 5.57 Å². The van der Waals surface area contributed by atoms with Crippen molar-refractivity contribution >= 4 is 11.9 Å². The first kappa shape index (κ1) is 15.0. The lowest BCUT2D eigenvalue weighted by Gasteiger charge is -2.37. The van der Waals surface area contributed by atoms with Gasteiger partial charge in [-0.3, -0.25) is 19.8 Å². The van der Waals surface area contributed by atoms with Crippen molar-refractivity contribution in [3.8, 4) is 0 Å². The summed E-state index contributed by atoms with van der Waals surface area (Å²) in [5.41, 5.74) is -0.817. The molecule has 21 heavy (non-hydrogen) atoms. The maximum atomic E-state index is 12.3. The minimum Gasteiger partial charge on any atom is -0.463 e. The van der Waals surface area contributed by atoms with Crippen molar-refractivity contribution < 1.29 is 19.2 Å². The average Bonchev–Trinajstić information content (AvgIpc) is 2.62. The summed E-state index contributed by atoms with van der Waals surface area (Å²) in [5, 5.41) is 14.2. The van der Waals surface area contributed by atoms with Gasteiger partial charge in [0.05, 0.1) is 11.5 Å². The lowest BCUT2D eigenvalue weighted by Crippen LogP contribution is -2.49. The van der Waals surface area contributed by atoms with Crippen molar-refractivity contribution in [2.24, 2.45) is 5.41 Å². The van der Waals surface area contributed by atoms with E-state index in [2.05, 4.69) is 5.32 Å². The van der Waals surface area contributed by atoms with Gasteiger partial charge in [0.2, 0.25) is 0 Å². The molecule has 0 radical (unpaired) electrons. The molecule has 0 unspecified atom stereocenters. The van der Waals surface area contributed by atoms with E-state index in [0.29, 0.717) is 13.1 Å². The summed E-state index contributed by atoms with van der Waals surface area (Å²) in [7, 11) is 0. The molecule has 8 nitrogen and oxygen atoms in total. The molecule has 0 aromatic rings. The number of nitrogens with one attached hydrogen (secondary N) is 1. The zero-order chi connectivity index (χ0) is 15.8. The fraction of sp³-hybridized carbons (Fsp3) is 0.538.